The Bertz CT molecular complexity index is 749. The molecule has 1 aromatic carbocycles. The van der Waals surface area contributed by atoms with Gasteiger partial charge in [0, 0.05) is 6.20 Å². The summed E-state index contributed by atoms with van der Waals surface area (Å²) in [5, 5.41) is 3.01. The second-order valence-corrected chi connectivity index (χ2v) is 6.49. The molecule has 126 valence electrons. The highest BCUT2D eigenvalue weighted by molar-refractivity contribution is 7.99. The summed E-state index contributed by atoms with van der Waals surface area (Å²) in [6, 6.07) is 10.8. The molecule has 0 aliphatic heterocycles. The summed E-state index contributed by atoms with van der Waals surface area (Å²) in [7, 11) is 0. The van der Waals surface area contributed by atoms with Crippen LogP contribution in [0.2, 0.25) is 0 Å². The Morgan fingerprint density at radius 1 is 1.25 bits per heavy atom. The van der Waals surface area contributed by atoms with Crippen molar-refractivity contribution in [1.82, 2.24) is 10.3 Å². The van der Waals surface area contributed by atoms with Gasteiger partial charge >= 0.3 is 6.18 Å². The summed E-state index contributed by atoms with van der Waals surface area (Å²) in [5.74, 6) is -1.47. The molecule has 1 atom stereocenters. The predicted molar refractivity (Wildman–Crippen MR) is 86.0 cm³/mol. The van der Waals surface area contributed by atoms with E-state index in [4.69, 9.17) is 0 Å². The Hall–Kier alpha value is -2.02. The van der Waals surface area contributed by atoms with E-state index in [0.717, 1.165) is 18.4 Å². The number of alkyl halides is 3. The van der Waals surface area contributed by atoms with Gasteiger partial charge in [-0.05, 0) is 36.1 Å². The van der Waals surface area contributed by atoms with Gasteiger partial charge in [-0.2, -0.15) is 13.2 Å². The molecule has 0 radical (unpaired) electrons. The molecular weight excluding hydrogens is 337 g/mol. The number of hydrogen-bond acceptors (Lipinski definition) is 3. The van der Waals surface area contributed by atoms with Gasteiger partial charge in [-0.15, -0.1) is 0 Å². The van der Waals surface area contributed by atoms with Crippen LogP contribution in [0.1, 0.15) is 33.9 Å². The van der Waals surface area contributed by atoms with Crippen LogP contribution in [0.15, 0.2) is 47.6 Å². The summed E-state index contributed by atoms with van der Waals surface area (Å²) in [6.07, 6.45) is -1.25. The van der Waals surface area contributed by atoms with Gasteiger partial charge in [0.05, 0.1) is 17.4 Å². The van der Waals surface area contributed by atoms with Crippen molar-refractivity contribution >= 4 is 17.7 Å². The molecule has 3 nitrogen and oxygen atoms in total. The van der Waals surface area contributed by atoms with E-state index in [9.17, 15) is 18.0 Å². The van der Waals surface area contributed by atoms with Gasteiger partial charge in [0.25, 0.3) is 5.91 Å². The Morgan fingerprint density at radius 2 is 2.04 bits per heavy atom. The van der Waals surface area contributed by atoms with Crippen LogP contribution < -0.4 is 5.32 Å². The number of benzene rings is 1. The zero-order chi connectivity index (χ0) is 17.2. The van der Waals surface area contributed by atoms with Crippen LogP contribution in [0.3, 0.4) is 0 Å². The largest absolute Gasteiger partial charge is 0.398 e. The third-order valence-electron chi connectivity index (χ3n) is 3.83. The average molecular weight is 352 g/mol. The van der Waals surface area contributed by atoms with E-state index in [-0.39, 0.29) is 16.6 Å². The third kappa shape index (κ3) is 3.90. The van der Waals surface area contributed by atoms with Crippen LogP contribution in [-0.2, 0) is 6.42 Å². The number of aromatic nitrogens is 1. The van der Waals surface area contributed by atoms with Crippen LogP contribution in [0, 0.1) is 0 Å². The van der Waals surface area contributed by atoms with Gasteiger partial charge < -0.3 is 5.32 Å². The van der Waals surface area contributed by atoms with E-state index in [1.807, 2.05) is 24.3 Å². The highest BCUT2D eigenvalue weighted by atomic mass is 32.2. The molecule has 2 aromatic rings. The minimum Gasteiger partial charge on any atom is -0.345 e. The number of carbonyl (C=O) groups excluding carboxylic acids is 1. The number of amides is 1. The standard InChI is InChI=1S/C17H15F3N2OS/c18-17(19,20)10-24-16-13(6-3-9-21-16)15(23)22-14-8-7-11-4-1-2-5-12(11)14/h1-6,9,14H,7-8,10H2,(H,22,23). The van der Waals surface area contributed by atoms with Crippen molar-refractivity contribution in [2.45, 2.75) is 30.1 Å². The number of fused-ring (bicyclic) bond motifs is 1. The molecule has 24 heavy (non-hydrogen) atoms. The van der Waals surface area contributed by atoms with Gasteiger partial charge in [-0.25, -0.2) is 4.98 Å². The second-order valence-electron chi connectivity index (χ2n) is 5.52. The lowest BCUT2D eigenvalue weighted by atomic mass is 10.1. The number of rotatable bonds is 4. The maximum atomic E-state index is 12.5. The molecule has 1 aromatic heterocycles. The molecule has 1 unspecified atom stereocenters. The Morgan fingerprint density at radius 3 is 2.83 bits per heavy atom. The van der Waals surface area contributed by atoms with Gasteiger partial charge in [0.15, 0.2) is 0 Å². The summed E-state index contributed by atoms with van der Waals surface area (Å²) in [4.78, 5) is 16.4. The molecular formula is C17H15F3N2OS. The Balaban J connectivity index is 1.74. The van der Waals surface area contributed by atoms with Crippen LogP contribution >= 0.6 is 11.8 Å². The van der Waals surface area contributed by atoms with E-state index in [2.05, 4.69) is 10.3 Å². The molecule has 1 aliphatic carbocycles. The van der Waals surface area contributed by atoms with E-state index in [1.165, 1.54) is 17.8 Å². The van der Waals surface area contributed by atoms with Crippen LogP contribution in [-0.4, -0.2) is 22.8 Å². The van der Waals surface area contributed by atoms with Gasteiger partial charge in [0.2, 0.25) is 0 Å². The maximum Gasteiger partial charge on any atom is 0.398 e. The molecule has 1 heterocycles. The maximum absolute atomic E-state index is 12.5. The SMILES string of the molecule is O=C(NC1CCc2ccccc21)c1cccnc1SCC(F)(F)F. The molecule has 0 spiro atoms. The fourth-order valence-electron chi connectivity index (χ4n) is 2.77. The number of nitrogens with zero attached hydrogens (tertiary/aromatic N) is 1. The third-order valence-corrected chi connectivity index (χ3v) is 4.90. The molecule has 1 N–H and O–H groups in total. The highest BCUT2D eigenvalue weighted by Crippen LogP contribution is 2.32. The first kappa shape index (κ1) is 16.8. The number of pyridine rings is 1. The van der Waals surface area contributed by atoms with Crippen LogP contribution in [0.25, 0.3) is 0 Å². The van der Waals surface area contributed by atoms with Crippen molar-refractivity contribution < 1.29 is 18.0 Å². The lowest BCUT2D eigenvalue weighted by Gasteiger charge is -2.15. The number of carbonyl (C=O) groups is 1. The molecule has 0 fully saturated rings. The minimum atomic E-state index is -4.31. The summed E-state index contributed by atoms with van der Waals surface area (Å²) < 4.78 is 37.3. The minimum absolute atomic E-state index is 0.0959. The molecule has 1 aliphatic rings. The van der Waals surface area contributed by atoms with Crippen molar-refractivity contribution in [3.63, 3.8) is 0 Å². The van der Waals surface area contributed by atoms with Crippen LogP contribution in [0.5, 0.6) is 0 Å². The van der Waals surface area contributed by atoms with Crippen molar-refractivity contribution in [3.8, 4) is 0 Å². The zero-order valence-electron chi connectivity index (χ0n) is 12.6. The van der Waals surface area contributed by atoms with E-state index in [1.54, 1.807) is 6.07 Å². The topological polar surface area (TPSA) is 42.0 Å². The number of nitrogens with one attached hydrogen (secondary N) is 1. The summed E-state index contributed by atoms with van der Waals surface area (Å²) >= 11 is 0.529. The number of halogens is 3. The molecule has 7 heteroatoms. The van der Waals surface area contributed by atoms with Gasteiger partial charge in [0.1, 0.15) is 5.03 Å². The number of thioether (sulfide) groups is 1. The first-order valence-corrected chi connectivity index (χ1v) is 8.46. The Kier molecular flexibility index (Phi) is 4.80. The first-order chi connectivity index (χ1) is 11.4. The smallest absolute Gasteiger partial charge is 0.345 e. The van der Waals surface area contributed by atoms with Crippen molar-refractivity contribution in [3.05, 3.63) is 59.3 Å². The van der Waals surface area contributed by atoms with Crippen molar-refractivity contribution in [2.24, 2.45) is 0 Å². The van der Waals surface area contributed by atoms with E-state index in [0.29, 0.717) is 11.8 Å². The lowest BCUT2D eigenvalue weighted by molar-refractivity contribution is -0.105. The normalized spacial score (nSPS) is 16.7. The fraction of sp³-hybridized carbons (Fsp3) is 0.294. The number of hydrogen-bond donors (Lipinski definition) is 1. The first-order valence-electron chi connectivity index (χ1n) is 7.47. The summed E-state index contributed by atoms with van der Waals surface area (Å²) in [6.45, 7) is 0. The van der Waals surface area contributed by atoms with Gasteiger partial charge in [-0.1, -0.05) is 36.0 Å². The molecule has 0 saturated heterocycles. The average Bonchev–Trinajstić information content (AvgIpc) is 2.96. The molecule has 1 amide bonds. The van der Waals surface area contributed by atoms with E-state index >= 15 is 0 Å². The fourth-order valence-corrected chi connectivity index (χ4v) is 3.52. The molecule has 0 saturated carbocycles. The zero-order valence-corrected chi connectivity index (χ0v) is 13.5. The van der Waals surface area contributed by atoms with Crippen molar-refractivity contribution in [1.29, 1.82) is 0 Å². The predicted octanol–water partition coefficient (Wildman–Crippen LogP) is 4.15. The highest BCUT2D eigenvalue weighted by Gasteiger charge is 2.29. The Labute approximate surface area is 141 Å². The van der Waals surface area contributed by atoms with Crippen molar-refractivity contribution in [2.75, 3.05) is 5.75 Å². The molecule has 0 bridgehead atoms. The number of aryl methyl sites for hydroxylation is 1. The van der Waals surface area contributed by atoms with Gasteiger partial charge in [-0.3, -0.25) is 4.79 Å². The summed E-state index contributed by atoms with van der Waals surface area (Å²) in [5.41, 5.74) is 2.44. The molecule has 3 rings (SSSR count). The quantitative estimate of drug-likeness (QED) is 0.841. The second kappa shape index (κ2) is 6.84. The van der Waals surface area contributed by atoms with E-state index < -0.39 is 17.8 Å². The monoisotopic (exact) mass is 352 g/mol. The van der Waals surface area contributed by atoms with Crippen LogP contribution in [0.4, 0.5) is 13.2 Å². The lowest BCUT2D eigenvalue weighted by Crippen LogP contribution is -2.28.